The second kappa shape index (κ2) is 11.7. The van der Waals surface area contributed by atoms with Crippen LogP contribution in [0, 0.1) is 5.82 Å². The van der Waals surface area contributed by atoms with E-state index < -0.39 is 0 Å². The molecule has 1 aliphatic rings. The SMILES string of the molecule is O=C(CN(C(=O)c1ccc2ccccc2c1)C1CCCCC1)N(Cc1ccc(F)cc1)Cc1cccs1. The number of thiophene rings is 1. The Balaban J connectivity index is 1.41. The molecule has 4 aromatic rings. The van der Waals surface area contributed by atoms with E-state index >= 15 is 0 Å². The number of carbonyl (C=O) groups is 2. The maximum absolute atomic E-state index is 13.9. The van der Waals surface area contributed by atoms with Crippen molar-refractivity contribution in [3.8, 4) is 0 Å². The van der Waals surface area contributed by atoms with Crippen molar-refractivity contribution in [3.63, 3.8) is 0 Å². The lowest BCUT2D eigenvalue weighted by atomic mass is 9.93. The van der Waals surface area contributed by atoms with Gasteiger partial charge in [-0.05, 0) is 64.9 Å². The van der Waals surface area contributed by atoms with Crippen molar-refractivity contribution in [2.45, 2.75) is 51.2 Å². The summed E-state index contributed by atoms with van der Waals surface area (Å²) in [5.74, 6) is -0.495. The molecule has 5 rings (SSSR count). The molecular weight excluding hydrogens is 483 g/mol. The zero-order valence-electron chi connectivity index (χ0n) is 20.8. The summed E-state index contributed by atoms with van der Waals surface area (Å²) in [5, 5.41) is 4.09. The number of nitrogens with zero attached hydrogens (tertiary/aromatic N) is 2. The van der Waals surface area contributed by atoms with E-state index in [2.05, 4.69) is 0 Å². The number of benzene rings is 3. The number of hydrogen-bond donors (Lipinski definition) is 0. The van der Waals surface area contributed by atoms with Crippen LogP contribution in [0.2, 0.25) is 0 Å². The van der Waals surface area contributed by atoms with Gasteiger partial charge >= 0.3 is 0 Å². The minimum absolute atomic E-state index is 0.0307. The van der Waals surface area contributed by atoms with E-state index in [0.717, 1.165) is 53.3 Å². The fourth-order valence-electron chi connectivity index (χ4n) is 5.13. The largest absolute Gasteiger partial charge is 0.332 e. The minimum atomic E-state index is -0.302. The van der Waals surface area contributed by atoms with Crippen molar-refractivity contribution in [3.05, 3.63) is 106 Å². The molecule has 1 heterocycles. The molecule has 0 saturated heterocycles. The zero-order chi connectivity index (χ0) is 25.6. The zero-order valence-corrected chi connectivity index (χ0v) is 21.6. The van der Waals surface area contributed by atoms with Gasteiger partial charge in [-0.25, -0.2) is 4.39 Å². The Morgan fingerprint density at radius 1 is 0.838 bits per heavy atom. The van der Waals surface area contributed by atoms with Crippen LogP contribution in [0.3, 0.4) is 0 Å². The van der Waals surface area contributed by atoms with Crippen molar-refractivity contribution in [2.75, 3.05) is 6.54 Å². The molecular formula is C31H31FN2O2S. The lowest BCUT2D eigenvalue weighted by Crippen LogP contribution is -2.48. The van der Waals surface area contributed by atoms with Gasteiger partial charge in [-0.15, -0.1) is 11.3 Å². The third-order valence-electron chi connectivity index (χ3n) is 7.14. The summed E-state index contributed by atoms with van der Waals surface area (Å²) >= 11 is 1.60. The fourth-order valence-corrected chi connectivity index (χ4v) is 5.85. The van der Waals surface area contributed by atoms with Gasteiger partial charge in [0.15, 0.2) is 0 Å². The predicted molar refractivity (Wildman–Crippen MR) is 147 cm³/mol. The van der Waals surface area contributed by atoms with Gasteiger partial charge in [0.05, 0.1) is 6.54 Å². The van der Waals surface area contributed by atoms with Gasteiger partial charge in [-0.3, -0.25) is 9.59 Å². The summed E-state index contributed by atoms with van der Waals surface area (Å²) < 4.78 is 13.5. The van der Waals surface area contributed by atoms with Gasteiger partial charge in [0, 0.05) is 23.0 Å². The summed E-state index contributed by atoms with van der Waals surface area (Å²) in [4.78, 5) is 32.3. The van der Waals surface area contributed by atoms with Gasteiger partial charge in [0.1, 0.15) is 12.4 Å². The summed E-state index contributed by atoms with van der Waals surface area (Å²) in [6, 6.07) is 24.1. The van der Waals surface area contributed by atoms with Gasteiger partial charge in [-0.1, -0.05) is 67.8 Å². The van der Waals surface area contributed by atoms with E-state index in [-0.39, 0.29) is 30.2 Å². The molecule has 0 atom stereocenters. The van der Waals surface area contributed by atoms with Crippen molar-refractivity contribution >= 4 is 33.9 Å². The van der Waals surface area contributed by atoms with Crippen molar-refractivity contribution in [1.82, 2.24) is 9.80 Å². The number of fused-ring (bicyclic) bond motifs is 1. The van der Waals surface area contributed by atoms with E-state index in [9.17, 15) is 14.0 Å². The molecule has 4 nitrogen and oxygen atoms in total. The number of halogens is 1. The first-order valence-electron chi connectivity index (χ1n) is 12.9. The molecule has 1 aliphatic carbocycles. The molecule has 0 spiro atoms. The van der Waals surface area contributed by atoms with Crippen LogP contribution in [0.15, 0.2) is 84.2 Å². The highest BCUT2D eigenvalue weighted by molar-refractivity contribution is 7.09. The van der Waals surface area contributed by atoms with Crippen LogP contribution < -0.4 is 0 Å². The Morgan fingerprint density at radius 3 is 2.32 bits per heavy atom. The molecule has 0 unspecified atom stereocenters. The molecule has 190 valence electrons. The average molecular weight is 515 g/mol. The number of hydrogen-bond acceptors (Lipinski definition) is 3. The highest BCUT2D eigenvalue weighted by Gasteiger charge is 2.30. The van der Waals surface area contributed by atoms with Crippen molar-refractivity contribution in [2.24, 2.45) is 0 Å². The van der Waals surface area contributed by atoms with E-state index in [1.807, 2.05) is 60.0 Å². The lowest BCUT2D eigenvalue weighted by Gasteiger charge is -2.35. The van der Waals surface area contributed by atoms with Gasteiger partial charge < -0.3 is 9.80 Å². The third kappa shape index (κ3) is 6.25. The highest BCUT2D eigenvalue weighted by atomic mass is 32.1. The number of carbonyl (C=O) groups excluding carboxylic acids is 2. The molecule has 0 radical (unpaired) electrons. The monoisotopic (exact) mass is 514 g/mol. The summed E-state index contributed by atoms with van der Waals surface area (Å²) in [7, 11) is 0. The van der Waals surface area contributed by atoms with Gasteiger partial charge in [0.2, 0.25) is 5.91 Å². The maximum Gasteiger partial charge on any atom is 0.254 e. The average Bonchev–Trinajstić information content (AvgIpc) is 3.45. The van der Waals surface area contributed by atoms with E-state index in [1.54, 1.807) is 33.3 Å². The van der Waals surface area contributed by atoms with Crippen LogP contribution in [0.4, 0.5) is 4.39 Å². The molecule has 1 saturated carbocycles. The Bertz CT molecular complexity index is 1350. The van der Waals surface area contributed by atoms with E-state index in [0.29, 0.717) is 18.7 Å². The Labute approximate surface area is 221 Å². The fraction of sp³-hybridized carbons (Fsp3) is 0.290. The molecule has 2 amide bonds. The summed E-state index contributed by atoms with van der Waals surface area (Å²) in [6.07, 6.45) is 5.12. The molecule has 3 aromatic carbocycles. The Hall–Kier alpha value is -3.51. The second-order valence-electron chi connectivity index (χ2n) is 9.74. The first-order chi connectivity index (χ1) is 18.1. The first kappa shape index (κ1) is 25.2. The van der Waals surface area contributed by atoms with Gasteiger partial charge in [-0.2, -0.15) is 0 Å². The standard InChI is InChI=1S/C31H31FN2O2S/c32-27-16-12-23(13-17-27)20-33(21-29-11-6-18-37-29)30(35)22-34(28-9-2-1-3-10-28)31(36)26-15-14-24-7-4-5-8-25(24)19-26/h4-8,11-19,28H,1-3,9-10,20-22H2. The van der Waals surface area contributed by atoms with Crippen molar-refractivity contribution < 1.29 is 14.0 Å². The minimum Gasteiger partial charge on any atom is -0.332 e. The molecule has 0 aliphatic heterocycles. The van der Waals surface area contributed by atoms with Crippen LogP contribution in [0.5, 0.6) is 0 Å². The van der Waals surface area contributed by atoms with Crippen LogP contribution >= 0.6 is 11.3 Å². The molecule has 37 heavy (non-hydrogen) atoms. The number of amides is 2. The Kier molecular flexibility index (Phi) is 7.95. The smallest absolute Gasteiger partial charge is 0.254 e. The van der Waals surface area contributed by atoms with Crippen LogP contribution in [-0.4, -0.2) is 34.2 Å². The van der Waals surface area contributed by atoms with Crippen LogP contribution in [-0.2, 0) is 17.9 Å². The van der Waals surface area contributed by atoms with Crippen molar-refractivity contribution in [1.29, 1.82) is 0 Å². The normalized spacial score (nSPS) is 14.0. The quantitative estimate of drug-likeness (QED) is 0.253. The molecule has 1 fully saturated rings. The van der Waals surface area contributed by atoms with E-state index in [4.69, 9.17) is 0 Å². The molecule has 6 heteroatoms. The first-order valence-corrected chi connectivity index (χ1v) is 13.8. The van der Waals surface area contributed by atoms with Crippen LogP contribution in [0.1, 0.15) is 52.9 Å². The molecule has 0 N–H and O–H groups in total. The highest BCUT2D eigenvalue weighted by Crippen LogP contribution is 2.26. The topological polar surface area (TPSA) is 40.6 Å². The van der Waals surface area contributed by atoms with Crippen LogP contribution in [0.25, 0.3) is 10.8 Å². The molecule has 0 bridgehead atoms. The maximum atomic E-state index is 13.9. The number of rotatable bonds is 8. The summed E-state index contributed by atoms with van der Waals surface area (Å²) in [5.41, 5.74) is 1.47. The Morgan fingerprint density at radius 2 is 1.59 bits per heavy atom. The second-order valence-corrected chi connectivity index (χ2v) is 10.8. The summed E-state index contributed by atoms with van der Waals surface area (Å²) in [6.45, 7) is 0.846. The lowest BCUT2D eigenvalue weighted by molar-refractivity contribution is -0.133. The van der Waals surface area contributed by atoms with E-state index in [1.165, 1.54) is 12.1 Å². The third-order valence-corrected chi connectivity index (χ3v) is 8.01. The van der Waals surface area contributed by atoms with Gasteiger partial charge in [0.25, 0.3) is 5.91 Å². The molecule has 1 aromatic heterocycles. The predicted octanol–water partition coefficient (Wildman–Crippen LogP) is 7.04.